The summed E-state index contributed by atoms with van der Waals surface area (Å²) in [6.45, 7) is 2.71. The molecule has 3 nitrogen and oxygen atoms in total. The Labute approximate surface area is 97.4 Å². The molecule has 1 unspecified atom stereocenters. The quantitative estimate of drug-likeness (QED) is 0.804. The molecule has 1 saturated carbocycles. The second kappa shape index (κ2) is 5.51. The van der Waals surface area contributed by atoms with E-state index < -0.39 is 0 Å². The number of hydrogen-bond donors (Lipinski definition) is 2. The highest BCUT2D eigenvalue weighted by atomic mass is 16.3. The van der Waals surface area contributed by atoms with E-state index in [2.05, 4.69) is 18.3 Å². The van der Waals surface area contributed by atoms with Gasteiger partial charge in [0.1, 0.15) is 11.5 Å². The van der Waals surface area contributed by atoms with Crippen molar-refractivity contribution >= 4 is 0 Å². The maximum atomic E-state index is 5.81. The molecule has 1 atom stereocenters. The van der Waals surface area contributed by atoms with Crippen LogP contribution >= 0.6 is 0 Å². The predicted octanol–water partition coefficient (Wildman–Crippen LogP) is 2.37. The van der Waals surface area contributed by atoms with Gasteiger partial charge in [-0.3, -0.25) is 0 Å². The number of aryl methyl sites for hydroxylation is 1. The van der Waals surface area contributed by atoms with E-state index in [1.165, 1.54) is 25.7 Å². The first-order valence-electron chi connectivity index (χ1n) is 6.38. The Bertz CT molecular complexity index is 315. The lowest BCUT2D eigenvalue weighted by Crippen LogP contribution is -2.34. The van der Waals surface area contributed by atoms with Crippen LogP contribution in [0.25, 0.3) is 0 Å². The topological polar surface area (TPSA) is 51.2 Å². The van der Waals surface area contributed by atoms with Crippen molar-refractivity contribution in [2.75, 3.05) is 6.54 Å². The summed E-state index contributed by atoms with van der Waals surface area (Å²) in [6.07, 6.45) is 6.18. The molecule has 90 valence electrons. The molecule has 3 heteroatoms. The second-order valence-corrected chi connectivity index (χ2v) is 4.59. The van der Waals surface area contributed by atoms with Crippen molar-refractivity contribution in [2.24, 2.45) is 5.73 Å². The highest BCUT2D eigenvalue weighted by molar-refractivity contribution is 5.11. The maximum Gasteiger partial charge on any atom is 0.122 e. The highest BCUT2D eigenvalue weighted by Gasteiger charge is 2.21. The van der Waals surface area contributed by atoms with Gasteiger partial charge in [0.05, 0.1) is 6.04 Å². The van der Waals surface area contributed by atoms with E-state index in [9.17, 15) is 0 Å². The molecule has 1 aliphatic carbocycles. The highest BCUT2D eigenvalue weighted by Crippen LogP contribution is 2.23. The normalized spacial score (nSPS) is 19.1. The molecule has 1 fully saturated rings. The Morgan fingerprint density at radius 2 is 2.19 bits per heavy atom. The second-order valence-electron chi connectivity index (χ2n) is 4.59. The molecule has 1 aromatic heterocycles. The average Bonchev–Trinajstić information content (AvgIpc) is 2.96. The number of furan rings is 1. The standard InChI is InChI=1S/C13H22N2O/c1-2-11-7-8-13(16-11)12(9-14)15-10-5-3-4-6-10/h7-8,10,12,15H,2-6,9,14H2,1H3. The van der Waals surface area contributed by atoms with Crippen molar-refractivity contribution in [1.82, 2.24) is 5.32 Å². The molecular weight excluding hydrogens is 200 g/mol. The monoisotopic (exact) mass is 222 g/mol. The van der Waals surface area contributed by atoms with Gasteiger partial charge in [0.15, 0.2) is 0 Å². The zero-order valence-electron chi connectivity index (χ0n) is 10.0. The largest absolute Gasteiger partial charge is 0.464 e. The molecule has 0 aliphatic heterocycles. The van der Waals surface area contributed by atoms with Crippen molar-refractivity contribution in [3.05, 3.63) is 23.7 Å². The van der Waals surface area contributed by atoms with Gasteiger partial charge in [0.2, 0.25) is 0 Å². The minimum atomic E-state index is 0.184. The Balaban J connectivity index is 1.97. The van der Waals surface area contributed by atoms with Gasteiger partial charge in [-0.05, 0) is 25.0 Å². The zero-order valence-corrected chi connectivity index (χ0v) is 10.0. The van der Waals surface area contributed by atoms with Gasteiger partial charge in [-0.15, -0.1) is 0 Å². The molecule has 0 radical (unpaired) electrons. The van der Waals surface area contributed by atoms with Gasteiger partial charge in [-0.1, -0.05) is 19.8 Å². The smallest absolute Gasteiger partial charge is 0.122 e. The van der Waals surface area contributed by atoms with Crippen LogP contribution in [0, 0.1) is 0 Å². The number of nitrogens with two attached hydrogens (primary N) is 1. The molecule has 2 rings (SSSR count). The van der Waals surface area contributed by atoms with Crippen LogP contribution in [0.15, 0.2) is 16.5 Å². The van der Waals surface area contributed by atoms with Crippen molar-refractivity contribution < 1.29 is 4.42 Å². The average molecular weight is 222 g/mol. The van der Waals surface area contributed by atoms with E-state index >= 15 is 0 Å². The van der Waals surface area contributed by atoms with E-state index in [1.54, 1.807) is 0 Å². The van der Waals surface area contributed by atoms with Crippen LogP contribution in [0.3, 0.4) is 0 Å². The van der Waals surface area contributed by atoms with Crippen molar-refractivity contribution in [3.8, 4) is 0 Å². The van der Waals surface area contributed by atoms with E-state index in [0.29, 0.717) is 12.6 Å². The van der Waals surface area contributed by atoms with Crippen LogP contribution in [0.5, 0.6) is 0 Å². The lowest BCUT2D eigenvalue weighted by Gasteiger charge is -2.19. The molecule has 0 saturated heterocycles. The summed E-state index contributed by atoms with van der Waals surface area (Å²) in [6, 6.07) is 4.92. The molecule has 1 heterocycles. The van der Waals surface area contributed by atoms with E-state index in [0.717, 1.165) is 17.9 Å². The van der Waals surface area contributed by atoms with Crippen LogP contribution in [0.1, 0.15) is 50.2 Å². The van der Waals surface area contributed by atoms with Crippen LogP contribution < -0.4 is 11.1 Å². The summed E-state index contributed by atoms with van der Waals surface area (Å²) in [7, 11) is 0. The van der Waals surface area contributed by atoms with Crippen molar-refractivity contribution in [1.29, 1.82) is 0 Å². The minimum absolute atomic E-state index is 0.184. The zero-order chi connectivity index (χ0) is 11.4. The molecule has 0 spiro atoms. The lowest BCUT2D eigenvalue weighted by atomic mass is 10.1. The number of nitrogens with one attached hydrogen (secondary N) is 1. The van der Waals surface area contributed by atoms with Gasteiger partial charge in [-0.25, -0.2) is 0 Å². The SMILES string of the molecule is CCc1ccc(C(CN)NC2CCCC2)o1. The van der Waals surface area contributed by atoms with Crippen molar-refractivity contribution in [3.63, 3.8) is 0 Å². The van der Waals surface area contributed by atoms with Crippen LogP contribution in [0.4, 0.5) is 0 Å². The molecule has 3 N–H and O–H groups in total. The molecule has 0 bridgehead atoms. The number of rotatable bonds is 5. The Hall–Kier alpha value is -0.800. The Morgan fingerprint density at radius 3 is 2.75 bits per heavy atom. The van der Waals surface area contributed by atoms with Gasteiger partial charge >= 0.3 is 0 Å². The van der Waals surface area contributed by atoms with Gasteiger partial charge in [-0.2, -0.15) is 0 Å². The van der Waals surface area contributed by atoms with E-state index in [4.69, 9.17) is 10.2 Å². The Kier molecular flexibility index (Phi) is 4.02. The first-order valence-corrected chi connectivity index (χ1v) is 6.38. The minimum Gasteiger partial charge on any atom is -0.464 e. The molecule has 16 heavy (non-hydrogen) atoms. The lowest BCUT2D eigenvalue weighted by molar-refractivity contribution is 0.365. The summed E-state index contributed by atoms with van der Waals surface area (Å²) >= 11 is 0. The Morgan fingerprint density at radius 1 is 1.44 bits per heavy atom. The molecule has 0 aromatic carbocycles. The molecular formula is C13H22N2O. The van der Waals surface area contributed by atoms with Crippen LogP contribution in [0.2, 0.25) is 0 Å². The molecule has 1 aromatic rings. The summed E-state index contributed by atoms with van der Waals surface area (Å²) in [5.41, 5.74) is 5.81. The van der Waals surface area contributed by atoms with Gasteiger partial charge in [0, 0.05) is 19.0 Å². The van der Waals surface area contributed by atoms with E-state index in [-0.39, 0.29) is 6.04 Å². The summed E-state index contributed by atoms with van der Waals surface area (Å²) in [4.78, 5) is 0. The molecule has 0 amide bonds. The number of hydrogen-bond acceptors (Lipinski definition) is 3. The fraction of sp³-hybridized carbons (Fsp3) is 0.692. The predicted molar refractivity (Wildman–Crippen MR) is 65.3 cm³/mol. The molecule has 1 aliphatic rings. The first-order chi connectivity index (χ1) is 7.83. The fourth-order valence-corrected chi connectivity index (χ4v) is 2.42. The third kappa shape index (κ3) is 2.66. The van der Waals surface area contributed by atoms with E-state index in [1.807, 2.05) is 6.07 Å². The van der Waals surface area contributed by atoms with Gasteiger partial charge < -0.3 is 15.5 Å². The third-order valence-electron chi connectivity index (χ3n) is 3.40. The third-order valence-corrected chi connectivity index (χ3v) is 3.40. The fourth-order valence-electron chi connectivity index (χ4n) is 2.42. The summed E-state index contributed by atoms with van der Waals surface area (Å²) < 4.78 is 5.75. The summed E-state index contributed by atoms with van der Waals surface area (Å²) in [5.74, 6) is 2.04. The summed E-state index contributed by atoms with van der Waals surface area (Å²) in [5, 5.41) is 3.60. The first kappa shape index (κ1) is 11.7. The maximum absolute atomic E-state index is 5.81. The van der Waals surface area contributed by atoms with Crippen LogP contribution in [-0.2, 0) is 6.42 Å². The van der Waals surface area contributed by atoms with Gasteiger partial charge in [0.25, 0.3) is 0 Å². The van der Waals surface area contributed by atoms with Crippen molar-refractivity contribution in [2.45, 2.75) is 51.1 Å². The van der Waals surface area contributed by atoms with Crippen LogP contribution in [-0.4, -0.2) is 12.6 Å².